The van der Waals surface area contributed by atoms with Crippen LogP contribution in [0.5, 0.6) is 11.5 Å². The molecule has 0 amide bonds. The fourth-order valence-electron chi connectivity index (χ4n) is 2.74. The lowest BCUT2D eigenvalue weighted by Gasteiger charge is -2.25. The molecule has 1 unspecified atom stereocenters. The second kappa shape index (κ2) is 8.38. The molecule has 1 aliphatic heterocycles. The topological polar surface area (TPSA) is 30.9 Å². The first-order chi connectivity index (χ1) is 12.4. The van der Waals surface area contributed by atoms with Gasteiger partial charge in [0.05, 0.1) is 19.2 Å². The van der Waals surface area contributed by atoms with E-state index in [-0.39, 0.29) is 6.61 Å². The molecule has 1 heterocycles. The molecule has 0 saturated heterocycles. The number of rotatable bonds is 7. The number of hydrogen-bond acceptors (Lipinski definition) is 4. The number of hydrogen-bond donors (Lipinski definition) is 0. The van der Waals surface area contributed by atoms with Crippen molar-refractivity contribution < 1.29 is 14.2 Å². The number of nitrogens with zero attached hydrogens (tertiary/aromatic N) is 1. The molecule has 26 heavy (non-hydrogen) atoms. The molecule has 0 saturated carbocycles. The van der Waals surface area contributed by atoms with Gasteiger partial charge in [0, 0.05) is 37.6 Å². The molecular formula is C22H21NO3. The summed E-state index contributed by atoms with van der Waals surface area (Å²) in [6, 6.07) is 3.61. The van der Waals surface area contributed by atoms with Crippen molar-refractivity contribution >= 4 is 0 Å². The minimum atomic E-state index is -0.749. The highest BCUT2D eigenvalue weighted by Gasteiger charge is 2.33. The summed E-state index contributed by atoms with van der Waals surface area (Å²) in [5.41, 5.74) is 1.43. The molecule has 0 N–H and O–H groups in total. The highest BCUT2D eigenvalue weighted by Crippen LogP contribution is 2.42. The van der Waals surface area contributed by atoms with E-state index in [0.717, 1.165) is 5.56 Å². The molecule has 1 aromatic rings. The van der Waals surface area contributed by atoms with Gasteiger partial charge < -0.3 is 14.2 Å². The highest BCUT2D eigenvalue weighted by atomic mass is 16.7. The molecule has 1 aromatic carbocycles. The summed E-state index contributed by atoms with van der Waals surface area (Å²) in [5.74, 6) is 10.8. The van der Waals surface area contributed by atoms with Crippen LogP contribution in [0.3, 0.4) is 0 Å². The van der Waals surface area contributed by atoms with E-state index >= 15 is 0 Å². The zero-order valence-electron chi connectivity index (χ0n) is 15.0. The van der Waals surface area contributed by atoms with Crippen LogP contribution in [0.15, 0.2) is 12.1 Å². The summed E-state index contributed by atoms with van der Waals surface area (Å²) >= 11 is 0. The third kappa shape index (κ3) is 4.53. The monoisotopic (exact) mass is 347 g/mol. The number of fused-ring (bicyclic) bond motifs is 1. The standard InChI is InChI=1S/C22H21NO3/c1-7-11-23(12-8-2)16-21(24-13-9-3)18-15-20-19(14-17(18)10-4)25-22(5,6)26-20/h1-4,14-15,21H,11-13,16H2,5-6H3. The zero-order chi connectivity index (χ0) is 19.2. The van der Waals surface area contributed by atoms with Crippen molar-refractivity contribution in [2.75, 3.05) is 26.2 Å². The predicted octanol–water partition coefficient (Wildman–Crippen LogP) is 2.43. The van der Waals surface area contributed by atoms with Gasteiger partial charge in [-0.3, -0.25) is 4.90 Å². The lowest BCUT2D eigenvalue weighted by molar-refractivity contribution is -0.0432. The Hall–Kier alpha value is -3.02. The smallest absolute Gasteiger partial charge is 0.246 e. The van der Waals surface area contributed by atoms with E-state index < -0.39 is 11.9 Å². The van der Waals surface area contributed by atoms with Crippen molar-refractivity contribution in [3.05, 3.63) is 23.3 Å². The molecule has 0 radical (unpaired) electrons. The van der Waals surface area contributed by atoms with E-state index in [4.69, 9.17) is 39.9 Å². The Kier molecular flexibility index (Phi) is 6.22. The van der Waals surface area contributed by atoms with Crippen molar-refractivity contribution in [3.8, 4) is 60.9 Å². The maximum absolute atomic E-state index is 5.85. The fourth-order valence-corrected chi connectivity index (χ4v) is 2.74. The van der Waals surface area contributed by atoms with Gasteiger partial charge in [0.25, 0.3) is 0 Å². The molecule has 0 bridgehead atoms. The molecule has 0 spiro atoms. The largest absolute Gasteiger partial charge is 0.449 e. The molecule has 1 aliphatic rings. The summed E-state index contributed by atoms with van der Waals surface area (Å²) in [5, 5.41) is 0. The maximum Gasteiger partial charge on any atom is 0.246 e. The Morgan fingerprint density at radius 3 is 2.19 bits per heavy atom. The van der Waals surface area contributed by atoms with Gasteiger partial charge in [-0.25, -0.2) is 0 Å². The van der Waals surface area contributed by atoms with E-state index in [0.29, 0.717) is 36.7 Å². The Labute approximate surface area is 155 Å². The molecular weight excluding hydrogens is 326 g/mol. The molecule has 0 fully saturated rings. The van der Waals surface area contributed by atoms with E-state index in [2.05, 4.69) is 23.7 Å². The molecule has 0 aromatic heterocycles. The van der Waals surface area contributed by atoms with Gasteiger partial charge in [-0.1, -0.05) is 23.7 Å². The highest BCUT2D eigenvalue weighted by molar-refractivity contribution is 5.55. The van der Waals surface area contributed by atoms with Gasteiger partial charge in [-0.2, -0.15) is 0 Å². The molecule has 4 nitrogen and oxygen atoms in total. The molecule has 2 rings (SSSR count). The lowest BCUT2D eigenvalue weighted by Crippen LogP contribution is -2.31. The molecule has 4 heteroatoms. The number of terminal acetylenes is 4. The Morgan fingerprint density at radius 2 is 1.65 bits per heavy atom. The van der Waals surface area contributed by atoms with Crippen molar-refractivity contribution in [3.63, 3.8) is 0 Å². The van der Waals surface area contributed by atoms with Crippen molar-refractivity contribution in [2.45, 2.75) is 25.7 Å². The van der Waals surface area contributed by atoms with Crippen LogP contribution in [0.4, 0.5) is 0 Å². The Balaban J connectivity index is 2.39. The number of ether oxygens (including phenoxy) is 3. The number of benzene rings is 1. The van der Waals surface area contributed by atoms with E-state index in [1.54, 1.807) is 6.07 Å². The first-order valence-electron chi connectivity index (χ1n) is 8.11. The normalized spacial score (nSPS) is 14.7. The Morgan fingerprint density at radius 1 is 1.04 bits per heavy atom. The van der Waals surface area contributed by atoms with E-state index in [1.165, 1.54) is 0 Å². The van der Waals surface area contributed by atoms with Gasteiger partial charge in [-0.05, 0) is 6.07 Å². The van der Waals surface area contributed by atoms with Gasteiger partial charge in [0.2, 0.25) is 5.79 Å². The van der Waals surface area contributed by atoms with Crippen LogP contribution in [-0.2, 0) is 4.74 Å². The summed E-state index contributed by atoms with van der Waals surface area (Å²) in [6.07, 6.45) is 21.5. The predicted molar refractivity (Wildman–Crippen MR) is 101 cm³/mol. The van der Waals surface area contributed by atoms with Gasteiger partial charge in [0.15, 0.2) is 11.5 Å². The van der Waals surface area contributed by atoms with Crippen molar-refractivity contribution in [1.29, 1.82) is 0 Å². The first kappa shape index (κ1) is 19.3. The average molecular weight is 347 g/mol. The molecule has 0 aliphatic carbocycles. The summed E-state index contributed by atoms with van der Waals surface area (Å²) in [4.78, 5) is 1.91. The third-order valence-electron chi connectivity index (χ3n) is 3.75. The molecule has 132 valence electrons. The van der Waals surface area contributed by atoms with E-state index in [9.17, 15) is 0 Å². The minimum Gasteiger partial charge on any atom is -0.449 e. The fraction of sp³-hybridized carbons (Fsp3) is 0.364. The van der Waals surface area contributed by atoms with Crippen LogP contribution < -0.4 is 9.47 Å². The van der Waals surface area contributed by atoms with Crippen LogP contribution in [0, 0.1) is 49.4 Å². The van der Waals surface area contributed by atoms with Crippen molar-refractivity contribution in [2.24, 2.45) is 0 Å². The second-order valence-corrected chi connectivity index (χ2v) is 6.22. The SMILES string of the molecule is C#CCOC(CN(CC#C)CC#C)c1cc2c(cc1C#C)OC(C)(C)O2. The van der Waals surface area contributed by atoms with Crippen LogP contribution in [0.2, 0.25) is 0 Å². The van der Waals surface area contributed by atoms with Gasteiger partial charge >= 0.3 is 0 Å². The van der Waals surface area contributed by atoms with Crippen LogP contribution >= 0.6 is 0 Å². The Bertz CT molecular complexity index is 811. The van der Waals surface area contributed by atoms with Crippen LogP contribution in [0.1, 0.15) is 31.1 Å². The van der Waals surface area contributed by atoms with Gasteiger partial charge in [0.1, 0.15) is 6.61 Å². The maximum atomic E-state index is 5.85. The van der Waals surface area contributed by atoms with Crippen LogP contribution in [-0.4, -0.2) is 36.9 Å². The summed E-state index contributed by atoms with van der Waals surface area (Å²) in [6.45, 7) is 5.03. The van der Waals surface area contributed by atoms with Crippen molar-refractivity contribution in [1.82, 2.24) is 4.90 Å². The minimum absolute atomic E-state index is 0.133. The average Bonchev–Trinajstić information content (AvgIpc) is 2.90. The quantitative estimate of drug-likeness (QED) is 0.709. The first-order valence-corrected chi connectivity index (χ1v) is 8.11. The van der Waals surface area contributed by atoms with Gasteiger partial charge in [-0.15, -0.1) is 25.7 Å². The summed E-state index contributed by atoms with van der Waals surface area (Å²) < 4.78 is 17.4. The van der Waals surface area contributed by atoms with E-state index in [1.807, 2.05) is 24.8 Å². The zero-order valence-corrected chi connectivity index (χ0v) is 15.0. The summed E-state index contributed by atoms with van der Waals surface area (Å²) in [7, 11) is 0. The lowest BCUT2D eigenvalue weighted by atomic mass is 10.0. The van der Waals surface area contributed by atoms with Crippen LogP contribution in [0.25, 0.3) is 0 Å². The third-order valence-corrected chi connectivity index (χ3v) is 3.75. The molecule has 1 atom stereocenters. The second-order valence-electron chi connectivity index (χ2n) is 6.22.